The van der Waals surface area contributed by atoms with Crippen molar-refractivity contribution in [1.29, 1.82) is 0 Å². The van der Waals surface area contributed by atoms with Gasteiger partial charge in [0, 0.05) is 42.1 Å². The molecule has 0 saturated carbocycles. The predicted octanol–water partition coefficient (Wildman–Crippen LogP) is 7.93. The lowest BCUT2D eigenvalue weighted by Crippen LogP contribution is -2.54. The molecule has 0 spiro atoms. The topological polar surface area (TPSA) is 75.3 Å². The summed E-state index contributed by atoms with van der Waals surface area (Å²) in [4.78, 5) is 9.79. The van der Waals surface area contributed by atoms with Crippen LogP contribution in [0.25, 0.3) is 21.3 Å². The SMILES string of the molecule is C[C@H]1CC(F)(F)CN1Cc1nc(-c2noc(CC(C)(C)C)n2)sc1-c1ccc(C(O)(C(F)(F)F)C(F)(F)F)cc1C(F)F. The summed E-state index contributed by atoms with van der Waals surface area (Å²) in [5.74, 6) is -2.91. The van der Waals surface area contributed by atoms with Gasteiger partial charge in [0.1, 0.15) is 0 Å². The van der Waals surface area contributed by atoms with Crippen molar-refractivity contribution in [2.45, 2.75) is 83.4 Å². The Labute approximate surface area is 242 Å². The van der Waals surface area contributed by atoms with Gasteiger partial charge in [0.25, 0.3) is 17.9 Å². The lowest BCUT2D eigenvalue weighted by Gasteiger charge is -2.33. The van der Waals surface area contributed by atoms with Gasteiger partial charge in [0.2, 0.25) is 11.7 Å². The van der Waals surface area contributed by atoms with Crippen LogP contribution in [-0.4, -0.2) is 56.0 Å². The summed E-state index contributed by atoms with van der Waals surface area (Å²) >= 11 is 0.687. The number of hydrogen-bond donors (Lipinski definition) is 1. The fraction of sp³-hybridized carbons (Fsp3) is 0.577. The third-order valence-corrected chi connectivity index (χ3v) is 7.94. The van der Waals surface area contributed by atoms with Crippen LogP contribution in [0.1, 0.15) is 63.3 Å². The highest BCUT2D eigenvalue weighted by Gasteiger charge is 2.71. The quantitative estimate of drug-likeness (QED) is 0.263. The van der Waals surface area contributed by atoms with Crippen LogP contribution in [0.5, 0.6) is 0 Å². The third kappa shape index (κ3) is 6.67. The lowest BCUT2D eigenvalue weighted by atomic mass is 9.89. The first kappa shape index (κ1) is 33.1. The molecule has 0 aliphatic carbocycles. The molecule has 1 aromatic carbocycles. The molecular formula is C26H26F10N4O2S. The van der Waals surface area contributed by atoms with Gasteiger partial charge < -0.3 is 9.63 Å². The molecule has 3 aromatic rings. The van der Waals surface area contributed by atoms with Gasteiger partial charge in [-0.05, 0) is 18.4 Å². The molecule has 0 unspecified atom stereocenters. The molecule has 4 rings (SSSR count). The predicted molar refractivity (Wildman–Crippen MR) is 134 cm³/mol. The first-order valence-electron chi connectivity index (χ1n) is 12.8. The van der Waals surface area contributed by atoms with E-state index in [0.29, 0.717) is 23.8 Å². The number of thiazole rings is 1. The van der Waals surface area contributed by atoms with Crippen LogP contribution in [0.15, 0.2) is 22.7 Å². The van der Waals surface area contributed by atoms with Gasteiger partial charge in [-0.3, -0.25) is 4.90 Å². The number of alkyl halides is 10. The van der Waals surface area contributed by atoms with Gasteiger partial charge in [-0.25, -0.2) is 22.5 Å². The van der Waals surface area contributed by atoms with E-state index in [4.69, 9.17) is 4.52 Å². The number of rotatable bonds is 7. The molecule has 238 valence electrons. The molecule has 0 amide bonds. The molecule has 1 aliphatic heterocycles. The molecule has 0 bridgehead atoms. The number of aromatic nitrogens is 3. The number of benzene rings is 1. The van der Waals surface area contributed by atoms with Crippen molar-refractivity contribution in [1.82, 2.24) is 20.0 Å². The monoisotopic (exact) mass is 648 g/mol. The van der Waals surface area contributed by atoms with Crippen molar-refractivity contribution in [2.75, 3.05) is 6.54 Å². The van der Waals surface area contributed by atoms with E-state index in [2.05, 4.69) is 15.1 Å². The van der Waals surface area contributed by atoms with Crippen LogP contribution in [0.2, 0.25) is 0 Å². The number of nitrogens with zero attached hydrogens (tertiary/aromatic N) is 4. The molecule has 43 heavy (non-hydrogen) atoms. The minimum Gasteiger partial charge on any atom is -0.369 e. The largest absolute Gasteiger partial charge is 0.430 e. The van der Waals surface area contributed by atoms with Crippen molar-refractivity contribution in [3.8, 4) is 21.3 Å². The molecule has 1 aliphatic rings. The van der Waals surface area contributed by atoms with Crippen LogP contribution in [0.4, 0.5) is 43.9 Å². The Bertz CT molecular complexity index is 1450. The molecular weight excluding hydrogens is 622 g/mol. The van der Waals surface area contributed by atoms with Crippen LogP contribution in [-0.2, 0) is 18.6 Å². The Balaban J connectivity index is 1.87. The number of likely N-dealkylation sites (tertiary alicyclic amines) is 1. The second kappa shape index (κ2) is 11.0. The molecule has 3 heterocycles. The zero-order valence-corrected chi connectivity index (χ0v) is 23.9. The van der Waals surface area contributed by atoms with Gasteiger partial charge >= 0.3 is 12.4 Å². The van der Waals surface area contributed by atoms with Gasteiger partial charge in [0.15, 0.2) is 5.01 Å². The zero-order valence-electron chi connectivity index (χ0n) is 23.0. The van der Waals surface area contributed by atoms with Crippen molar-refractivity contribution < 1.29 is 53.5 Å². The van der Waals surface area contributed by atoms with E-state index < -0.39 is 66.0 Å². The fourth-order valence-corrected chi connectivity index (χ4v) is 5.83. The summed E-state index contributed by atoms with van der Waals surface area (Å²) in [5, 5.41) is 13.6. The number of aliphatic hydroxyl groups is 1. The first-order valence-corrected chi connectivity index (χ1v) is 13.6. The Kier molecular flexibility index (Phi) is 8.45. The van der Waals surface area contributed by atoms with Crippen molar-refractivity contribution >= 4 is 11.3 Å². The third-order valence-electron chi connectivity index (χ3n) is 6.81. The maximum Gasteiger partial charge on any atom is 0.430 e. The highest BCUT2D eigenvalue weighted by atomic mass is 32.1. The molecule has 2 aromatic heterocycles. The Morgan fingerprint density at radius 1 is 1.07 bits per heavy atom. The van der Waals surface area contributed by atoms with E-state index in [1.54, 1.807) is 0 Å². The van der Waals surface area contributed by atoms with Crippen LogP contribution >= 0.6 is 11.3 Å². The van der Waals surface area contributed by atoms with Gasteiger partial charge in [-0.1, -0.05) is 38.1 Å². The van der Waals surface area contributed by atoms with Crippen LogP contribution in [0, 0.1) is 5.41 Å². The maximum atomic E-state index is 14.3. The van der Waals surface area contributed by atoms with Gasteiger partial charge in [-0.2, -0.15) is 31.3 Å². The summed E-state index contributed by atoms with van der Waals surface area (Å²) in [6, 6.07) is 0.103. The van der Waals surface area contributed by atoms with E-state index >= 15 is 0 Å². The average molecular weight is 649 g/mol. The summed E-state index contributed by atoms with van der Waals surface area (Å²) in [7, 11) is 0. The summed E-state index contributed by atoms with van der Waals surface area (Å²) in [6.07, 6.45) is -16.3. The second-order valence-electron chi connectivity index (χ2n) is 11.7. The van der Waals surface area contributed by atoms with E-state index in [0.717, 1.165) is 0 Å². The smallest absolute Gasteiger partial charge is 0.369 e. The summed E-state index contributed by atoms with van der Waals surface area (Å²) in [6.45, 7) is 6.21. The van der Waals surface area contributed by atoms with Crippen molar-refractivity contribution in [3.05, 3.63) is 40.9 Å². The molecule has 1 atom stereocenters. The Hall–Kier alpha value is -2.79. The van der Waals surface area contributed by atoms with Crippen molar-refractivity contribution in [3.63, 3.8) is 0 Å². The standard InChI is InChI=1S/C26H26F10N4O2S/c1-12-8-23(29,30)11-40(12)10-16-18(43-21(37-16)20-38-17(42-39-20)9-22(2,3)4)14-6-5-13(7-15(14)19(27)28)24(41,25(31,32)33)26(34,35)36/h5-7,12,19,41H,8-11H2,1-4H3/t12-/m0/s1. The minimum absolute atomic E-state index is 0.00102. The molecule has 1 N–H and O–H groups in total. The second-order valence-corrected chi connectivity index (χ2v) is 12.7. The first-order chi connectivity index (χ1) is 19.5. The molecule has 17 heteroatoms. The van der Waals surface area contributed by atoms with E-state index in [9.17, 15) is 49.0 Å². The van der Waals surface area contributed by atoms with Crippen LogP contribution in [0.3, 0.4) is 0 Å². The fourth-order valence-electron chi connectivity index (χ4n) is 4.78. The Morgan fingerprint density at radius 3 is 2.21 bits per heavy atom. The van der Waals surface area contributed by atoms with Gasteiger partial charge in [0.05, 0.1) is 17.1 Å². The molecule has 0 radical (unpaired) electrons. The maximum absolute atomic E-state index is 14.3. The van der Waals surface area contributed by atoms with Crippen LogP contribution < -0.4 is 0 Å². The normalized spacial score (nSPS) is 18.7. The average Bonchev–Trinajstić information content (AvgIpc) is 3.52. The lowest BCUT2D eigenvalue weighted by molar-refractivity contribution is -0.376. The highest BCUT2D eigenvalue weighted by molar-refractivity contribution is 7.18. The van der Waals surface area contributed by atoms with Gasteiger partial charge in [-0.15, -0.1) is 11.3 Å². The Morgan fingerprint density at radius 2 is 1.70 bits per heavy atom. The number of halogens is 10. The molecule has 6 nitrogen and oxygen atoms in total. The van der Waals surface area contributed by atoms with Crippen molar-refractivity contribution in [2.24, 2.45) is 5.41 Å². The van der Waals surface area contributed by atoms with E-state index in [-0.39, 0.29) is 51.4 Å². The highest BCUT2D eigenvalue weighted by Crippen LogP contribution is 2.51. The van der Waals surface area contributed by atoms with E-state index in [1.165, 1.54) is 11.8 Å². The summed E-state index contributed by atoms with van der Waals surface area (Å²) < 4.78 is 143. The number of hydrogen-bond acceptors (Lipinski definition) is 7. The minimum atomic E-state index is -6.30. The molecule has 1 saturated heterocycles. The summed E-state index contributed by atoms with van der Waals surface area (Å²) in [5.41, 5.74) is -9.38. The van der Waals surface area contributed by atoms with E-state index in [1.807, 2.05) is 20.8 Å². The zero-order chi connectivity index (χ0) is 32.3. The molecule has 1 fully saturated rings.